The molecule has 5 rings (SSSR count). The molecule has 0 radical (unpaired) electrons. The zero-order valence-corrected chi connectivity index (χ0v) is 17.5. The topological polar surface area (TPSA) is 60.2 Å². The normalized spacial score (nSPS) is 18.0. The maximum Gasteiger partial charge on any atom is 0.168 e. The molecular weight excluding hydrogens is 376 g/mol. The van der Waals surface area contributed by atoms with Crippen molar-refractivity contribution in [2.45, 2.75) is 38.0 Å². The molecule has 2 aromatic heterocycles. The lowest BCUT2D eigenvalue weighted by Gasteiger charge is -2.34. The highest BCUT2D eigenvalue weighted by molar-refractivity contribution is 5.96. The average Bonchev–Trinajstić information content (AvgIpc) is 3.12. The molecule has 0 bridgehead atoms. The van der Waals surface area contributed by atoms with Gasteiger partial charge in [0.1, 0.15) is 5.69 Å². The highest BCUT2D eigenvalue weighted by Gasteiger charge is 2.30. The van der Waals surface area contributed by atoms with E-state index in [4.69, 9.17) is 14.8 Å². The van der Waals surface area contributed by atoms with E-state index in [1.54, 1.807) is 7.11 Å². The van der Waals surface area contributed by atoms with Crippen LogP contribution in [0.4, 0.5) is 5.69 Å². The zero-order valence-electron chi connectivity index (χ0n) is 17.5. The fourth-order valence-corrected chi connectivity index (χ4v) is 4.74. The highest BCUT2D eigenvalue weighted by Crippen LogP contribution is 2.43. The number of nitrogens with zero attached hydrogens (tertiary/aromatic N) is 4. The van der Waals surface area contributed by atoms with Crippen LogP contribution in [0.5, 0.6) is 0 Å². The predicted octanol–water partition coefficient (Wildman–Crippen LogP) is 4.36. The summed E-state index contributed by atoms with van der Waals surface area (Å²) in [5, 5.41) is 6.17. The first kappa shape index (κ1) is 19.2. The van der Waals surface area contributed by atoms with Crippen LogP contribution in [0.15, 0.2) is 36.4 Å². The third-order valence-corrected chi connectivity index (χ3v) is 6.63. The molecule has 0 unspecified atom stereocenters. The lowest BCUT2D eigenvalue weighted by molar-refractivity contribution is 0.111. The van der Waals surface area contributed by atoms with Crippen molar-refractivity contribution in [3.8, 4) is 5.69 Å². The van der Waals surface area contributed by atoms with Gasteiger partial charge in [-0.2, -0.15) is 5.10 Å². The molecule has 6 heteroatoms. The van der Waals surface area contributed by atoms with Crippen molar-refractivity contribution in [3.63, 3.8) is 0 Å². The Balaban J connectivity index is 1.65. The van der Waals surface area contributed by atoms with Crippen LogP contribution in [-0.2, 0) is 4.74 Å². The van der Waals surface area contributed by atoms with Crippen molar-refractivity contribution in [1.29, 1.82) is 0 Å². The number of carbonyl (C=O) groups excluding carboxylic acids is 1. The quantitative estimate of drug-likeness (QED) is 0.571. The number of pyridine rings is 1. The number of ether oxygens (including phenoxy) is 1. The third kappa shape index (κ3) is 3.39. The van der Waals surface area contributed by atoms with Crippen LogP contribution >= 0.6 is 0 Å². The second kappa shape index (κ2) is 8.19. The average molecular weight is 405 g/mol. The van der Waals surface area contributed by atoms with Gasteiger partial charge in [0.05, 0.1) is 22.5 Å². The molecule has 2 fully saturated rings. The smallest absolute Gasteiger partial charge is 0.168 e. The first-order valence-corrected chi connectivity index (χ1v) is 11.0. The highest BCUT2D eigenvalue weighted by atomic mass is 16.5. The van der Waals surface area contributed by atoms with Crippen LogP contribution in [0, 0.1) is 5.92 Å². The number of benzene rings is 1. The van der Waals surface area contributed by atoms with Crippen LogP contribution in [-0.4, -0.2) is 47.9 Å². The Hall–Kier alpha value is -2.73. The molecule has 3 heterocycles. The van der Waals surface area contributed by atoms with Gasteiger partial charge in [-0.3, -0.25) is 4.79 Å². The Kier molecular flexibility index (Phi) is 5.25. The van der Waals surface area contributed by atoms with Gasteiger partial charge in [0.25, 0.3) is 0 Å². The molecule has 1 aliphatic carbocycles. The molecule has 1 aromatic carbocycles. The molecule has 1 saturated heterocycles. The number of piperidine rings is 1. The summed E-state index contributed by atoms with van der Waals surface area (Å²) in [6, 6.07) is 12.1. The van der Waals surface area contributed by atoms with Gasteiger partial charge >= 0.3 is 0 Å². The monoisotopic (exact) mass is 404 g/mol. The SMILES string of the molecule is COCC1CCN(c2cc(C=O)nc3c2c(C2CCC2)nn3-c2ccccc2)CC1. The molecule has 30 heavy (non-hydrogen) atoms. The maximum atomic E-state index is 11.8. The molecule has 156 valence electrons. The fourth-order valence-electron chi connectivity index (χ4n) is 4.74. The number of hydrogen-bond acceptors (Lipinski definition) is 5. The van der Waals surface area contributed by atoms with E-state index in [0.717, 1.165) is 66.9 Å². The number of aromatic nitrogens is 3. The van der Waals surface area contributed by atoms with Gasteiger partial charge in [0.15, 0.2) is 11.9 Å². The van der Waals surface area contributed by atoms with Gasteiger partial charge in [-0.1, -0.05) is 24.6 Å². The molecule has 3 aromatic rings. The summed E-state index contributed by atoms with van der Waals surface area (Å²) >= 11 is 0. The van der Waals surface area contributed by atoms with Gasteiger partial charge in [0.2, 0.25) is 0 Å². The molecular formula is C24H28N4O2. The number of fused-ring (bicyclic) bond motifs is 1. The predicted molar refractivity (Wildman–Crippen MR) is 118 cm³/mol. The lowest BCUT2D eigenvalue weighted by Crippen LogP contribution is -2.35. The van der Waals surface area contributed by atoms with Crippen molar-refractivity contribution in [2.24, 2.45) is 5.92 Å². The van der Waals surface area contributed by atoms with E-state index in [1.807, 2.05) is 41.1 Å². The number of para-hydroxylation sites is 1. The minimum atomic E-state index is 0.466. The van der Waals surface area contributed by atoms with Crippen molar-refractivity contribution < 1.29 is 9.53 Å². The molecule has 0 amide bonds. The first-order chi connectivity index (χ1) is 14.8. The van der Waals surface area contributed by atoms with Gasteiger partial charge in [-0.25, -0.2) is 9.67 Å². The largest absolute Gasteiger partial charge is 0.384 e. The molecule has 0 atom stereocenters. The van der Waals surface area contributed by atoms with E-state index in [-0.39, 0.29) is 0 Å². The van der Waals surface area contributed by atoms with Crippen LogP contribution in [0.2, 0.25) is 0 Å². The number of aldehydes is 1. The summed E-state index contributed by atoms with van der Waals surface area (Å²) in [5.74, 6) is 1.08. The summed E-state index contributed by atoms with van der Waals surface area (Å²) < 4.78 is 7.29. The molecule has 0 N–H and O–H groups in total. The van der Waals surface area contributed by atoms with E-state index in [9.17, 15) is 4.79 Å². The number of rotatable bonds is 6. The van der Waals surface area contributed by atoms with E-state index in [1.165, 1.54) is 19.3 Å². The number of carbonyl (C=O) groups is 1. The van der Waals surface area contributed by atoms with Crippen LogP contribution < -0.4 is 4.90 Å². The Bertz CT molecular complexity index is 1030. The van der Waals surface area contributed by atoms with Crippen LogP contribution in [0.25, 0.3) is 16.7 Å². The van der Waals surface area contributed by atoms with Crippen molar-refractivity contribution in [2.75, 3.05) is 31.7 Å². The molecule has 6 nitrogen and oxygen atoms in total. The standard InChI is InChI=1S/C24H28N4O2/c1-30-16-17-10-12-27(13-11-17)21-14-19(15-29)25-24-22(21)23(18-6-5-7-18)26-28(24)20-8-3-2-4-9-20/h2-4,8-9,14-15,17-18H,5-7,10-13,16H2,1H3. The number of methoxy groups -OCH3 is 1. The molecule has 1 saturated carbocycles. The molecule has 2 aliphatic rings. The second-order valence-corrected chi connectivity index (χ2v) is 8.53. The summed E-state index contributed by atoms with van der Waals surface area (Å²) in [6.45, 7) is 2.75. The summed E-state index contributed by atoms with van der Waals surface area (Å²) in [6.07, 6.45) is 6.64. The maximum absolute atomic E-state index is 11.8. The molecule has 1 aliphatic heterocycles. The van der Waals surface area contributed by atoms with Crippen molar-refractivity contribution in [3.05, 3.63) is 47.8 Å². The molecule has 0 spiro atoms. The van der Waals surface area contributed by atoms with Gasteiger partial charge in [0, 0.05) is 32.7 Å². The van der Waals surface area contributed by atoms with E-state index in [0.29, 0.717) is 17.5 Å². The zero-order chi connectivity index (χ0) is 20.5. The van der Waals surface area contributed by atoms with Gasteiger partial charge in [-0.15, -0.1) is 0 Å². The Morgan fingerprint density at radius 2 is 1.90 bits per heavy atom. The Labute approximate surface area is 176 Å². The van der Waals surface area contributed by atoms with Crippen molar-refractivity contribution >= 4 is 23.0 Å². The third-order valence-electron chi connectivity index (χ3n) is 6.63. The van der Waals surface area contributed by atoms with E-state index < -0.39 is 0 Å². The summed E-state index contributed by atoms with van der Waals surface area (Å²) in [5.41, 5.74) is 4.49. The Morgan fingerprint density at radius 1 is 1.13 bits per heavy atom. The first-order valence-electron chi connectivity index (χ1n) is 11.0. The van der Waals surface area contributed by atoms with Crippen molar-refractivity contribution in [1.82, 2.24) is 14.8 Å². The second-order valence-electron chi connectivity index (χ2n) is 8.53. The van der Waals surface area contributed by atoms with E-state index >= 15 is 0 Å². The Morgan fingerprint density at radius 3 is 2.53 bits per heavy atom. The van der Waals surface area contributed by atoms with Crippen LogP contribution in [0.1, 0.15) is 54.2 Å². The summed E-state index contributed by atoms with van der Waals surface area (Å²) in [7, 11) is 1.78. The van der Waals surface area contributed by atoms with Gasteiger partial charge in [-0.05, 0) is 49.8 Å². The lowest BCUT2D eigenvalue weighted by atomic mass is 9.82. The number of anilines is 1. The van der Waals surface area contributed by atoms with Crippen LogP contribution in [0.3, 0.4) is 0 Å². The number of hydrogen-bond donors (Lipinski definition) is 0. The minimum absolute atomic E-state index is 0.466. The van der Waals surface area contributed by atoms with Gasteiger partial charge < -0.3 is 9.64 Å². The minimum Gasteiger partial charge on any atom is -0.384 e. The van der Waals surface area contributed by atoms with E-state index in [2.05, 4.69) is 4.90 Å². The summed E-state index contributed by atoms with van der Waals surface area (Å²) in [4.78, 5) is 18.9. The fraction of sp³-hybridized carbons (Fsp3) is 0.458.